The Hall–Kier alpha value is -1.67. The van der Waals surface area contributed by atoms with Crippen molar-refractivity contribution >= 4 is 16.6 Å². The summed E-state index contributed by atoms with van der Waals surface area (Å²) in [6.45, 7) is 3.79. The van der Waals surface area contributed by atoms with Gasteiger partial charge in [0.1, 0.15) is 0 Å². The van der Waals surface area contributed by atoms with E-state index in [4.69, 9.17) is 0 Å². The lowest BCUT2D eigenvalue weighted by molar-refractivity contribution is -0.122. The minimum absolute atomic E-state index is 0.0820. The molecule has 3 rings (SSSR count). The highest BCUT2D eigenvalue weighted by Crippen LogP contribution is 2.30. The van der Waals surface area contributed by atoms with Crippen LogP contribution in [0.1, 0.15) is 37.8 Å². The van der Waals surface area contributed by atoms with E-state index in [0.717, 1.165) is 18.7 Å². The number of hydrogen-bond acceptors (Lipinski definition) is 2. The molecule has 0 aromatic heterocycles. The summed E-state index contributed by atoms with van der Waals surface area (Å²) < 4.78 is 0. The van der Waals surface area contributed by atoms with Crippen molar-refractivity contribution in [2.75, 3.05) is 13.1 Å². The predicted molar refractivity (Wildman–Crippen MR) is 82.8 cm³/mol. The van der Waals surface area contributed by atoms with Crippen molar-refractivity contribution in [1.82, 2.24) is 4.90 Å². The molecular formula is C18H21NO. The average molecular weight is 267 g/mol. The SMILES string of the molecule is CC(=O)C(c1cccc2ccccc12)N1CCCCC1. The van der Waals surface area contributed by atoms with Gasteiger partial charge in [0.05, 0.1) is 6.04 Å². The van der Waals surface area contributed by atoms with Crippen molar-refractivity contribution in [3.05, 3.63) is 48.0 Å². The third-order valence-corrected chi connectivity index (χ3v) is 4.26. The molecule has 0 bridgehead atoms. The summed E-state index contributed by atoms with van der Waals surface area (Å²) in [4.78, 5) is 14.6. The lowest BCUT2D eigenvalue weighted by Crippen LogP contribution is -2.37. The molecule has 1 unspecified atom stereocenters. The first-order chi connectivity index (χ1) is 9.77. The second-order valence-corrected chi connectivity index (χ2v) is 5.68. The molecule has 0 saturated carbocycles. The van der Waals surface area contributed by atoms with Crippen LogP contribution in [0.2, 0.25) is 0 Å². The first-order valence-corrected chi connectivity index (χ1v) is 7.49. The van der Waals surface area contributed by atoms with Crippen LogP contribution in [0, 0.1) is 0 Å². The van der Waals surface area contributed by atoms with E-state index < -0.39 is 0 Å². The fourth-order valence-electron chi connectivity index (χ4n) is 3.34. The van der Waals surface area contributed by atoms with Gasteiger partial charge in [-0.25, -0.2) is 0 Å². The monoisotopic (exact) mass is 267 g/mol. The van der Waals surface area contributed by atoms with Crippen LogP contribution in [0.15, 0.2) is 42.5 Å². The summed E-state index contributed by atoms with van der Waals surface area (Å²) in [6.07, 6.45) is 3.69. The van der Waals surface area contributed by atoms with E-state index in [9.17, 15) is 4.79 Å². The third-order valence-electron chi connectivity index (χ3n) is 4.26. The summed E-state index contributed by atoms with van der Waals surface area (Å²) in [6, 6.07) is 14.6. The zero-order chi connectivity index (χ0) is 13.9. The molecule has 0 aliphatic carbocycles. The number of carbonyl (C=O) groups is 1. The molecule has 2 nitrogen and oxygen atoms in total. The van der Waals surface area contributed by atoms with Crippen LogP contribution in [-0.4, -0.2) is 23.8 Å². The lowest BCUT2D eigenvalue weighted by Gasteiger charge is -2.33. The number of ketones is 1. The summed E-state index contributed by atoms with van der Waals surface area (Å²) in [7, 11) is 0. The maximum absolute atomic E-state index is 12.2. The summed E-state index contributed by atoms with van der Waals surface area (Å²) in [5.41, 5.74) is 1.16. The minimum Gasteiger partial charge on any atom is -0.298 e. The number of hydrogen-bond donors (Lipinski definition) is 0. The Labute approximate surface area is 120 Å². The Morgan fingerprint density at radius 2 is 1.70 bits per heavy atom. The van der Waals surface area contributed by atoms with Crippen LogP contribution in [0.3, 0.4) is 0 Å². The van der Waals surface area contributed by atoms with E-state index >= 15 is 0 Å². The van der Waals surface area contributed by atoms with Crippen LogP contribution < -0.4 is 0 Å². The van der Waals surface area contributed by atoms with Gasteiger partial charge in [-0.2, -0.15) is 0 Å². The smallest absolute Gasteiger partial charge is 0.151 e. The molecule has 104 valence electrons. The molecule has 1 saturated heterocycles. The molecule has 2 aromatic carbocycles. The van der Waals surface area contributed by atoms with Crippen LogP contribution in [0.4, 0.5) is 0 Å². The Morgan fingerprint density at radius 1 is 1.00 bits per heavy atom. The Bertz CT molecular complexity index is 608. The maximum atomic E-state index is 12.2. The molecule has 20 heavy (non-hydrogen) atoms. The second-order valence-electron chi connectivity index (χ2n) is 5.68. The zero-order valence-electron chi connectivity index (χ0n) is 12.0. The molecule has 1 heterocycles. The van der Waals surface area contributed by atoms with Gasteiger partial charge in [0.2, 0.25) is 0 Å². The minimum atomic E-state index is -0.0820. The van der Waals surface area contributed by atoms with Crippen molar-refractivity contribution in [3.63, 3.8) is 0 Å². The van der Waals surface area contributed by atoms with Gasteiger partial charge in [0.15, 0.2) is 5.78 Å². The third kappa shape index (κ3) is 2.48. The highest BCUT2D eigenvalue weighted by molar-refractivity contribution is 5.92. The van der Waals surface area contributed by atoms with Crippen LogP contribution in [-0.2, 0) is 4.79 Å². The molecule has 2 aromatic rings. The molecule has 0 spiro atoms. The molecule has 1 atom stereocenters. The zero-order valence-corrected chi connectivity index (χ0v) is 12.0. The van der Waals surface area contributed by atoms with Crippen molar-refractivity contribution in [2.45, 2.75) is 32.2 Å². The Morgan fingerprint density at radius 3 is 2.45 bits per heavy atom. The molecule has 2 heteroatoms. The topological polar surface area (TPSA) is 20.3 Å². The van der Waals surface area contributed by atoms with Gasteiger partial charge >= 0.3 is 0 Å². The van der Waals surface area contributed by atoms with E-state index in [0.29, 0.717) is 0 Å². The molecule has 1 fully saturated rings. The molecule has 0 amide bonds. The predicted octanol–water partition coefficient (Wildman–Crippen LogP) is 3.96. The lowest BCUT2D eigenvalue weighted by atomic mass is 9.94. The van der Waals surface area contributed by atoms with E-state index in [2.05, 4.69) is 47.4 Å². The molecule has 0 N–H and O–H groups in total. The normalized spacial score (nSPS) is 18.1. The fourth-order valence-corrected chi connectivity index (χ4v) is 3.34. The van der Waals surface area contributed by atoms with Crippen molar-refractivity contribution < 1.29 is 4.79 Å². The largest absolute Gasteiger partial charge is 0.298 e. The summed E-state index contributed by atoms with van der Waals surface area (Å²) >= 11 is 0. The van der Waals surface area contributed by atoms with Crippen LogP contribution in [0.25, 0.3) is 10.8 Å². The number of likely N-dealkylation sites (tertiary alicyclic amines) is 1. The van der Waals surface area contributed by atoms with Gasteiger partial charge in [-0.15, -0.1) is 0 Å². The summed E-state index contributed by atoms with van der Waals surface area (Å²) in [5, 5.41) is 2.43. The molecular weight excluding hydrogens is 246 g/mol. The Balaban J connectivity index is 2.07. The van der Waals surface area contributed by atoms with Gasteiger partial charge in [0, 0.05) is 0 Å². The average Bonchev–Trinajstić information content (AvgIpc) is 2.48. The number of fused-ring (bicyclic) bond motifs is 1. The number of benzene rings is 2. The molecule has 0 radical (unpaired) electrons. The standard InChI is InChI=1S/C18H21NO/c1-14(20)18(19-12-5-2-6-13-19)17-11-7-9-15-8-3-4-10-16(15)17/h3-4,7-11,18H,2,5-6,12-13H2,1H3. The van der Waals surface area contributed by atoms with E-state index in [1.54, 1.807) is 6.92 Å². The fraction of sp³-hybridized carbons (Fsp3) is 0.389. The molecule has 1 aliphatic rings. The van der Waals surface area contributed by atoms with E-state index in [-0.39, 0.29) is 11.8 Å². The second kappa shape index (κ2) is 5.76. The van der Waals surface area contributed by atoms with Gasteiger partial charge in [-0.3, -0.25) is 9.69 Å². The van der Waals surface area contributed by atoms with Gasteiger partial charge < -0.3 is 0 Å². The summed E-state index contributed by atoms with van der Waals surface area (Å²) in [5.74, 6) is 0.253. The molecule has 1 aliphatic heterocycles. The number of nitrogens with zero attached hydrogens (tertiary/aromatic N) is 1. The first kappa shape index (κ1) is 13.3. The van der Waals surface area contributed by atoms with Gasteiger partial charge in [-0.1, -0.05) is 48.9 Å². The van der Waals surface area contributed by atoms with Crippen molar-refractivity contribution in [2.24, 2.45) is 0 Å². The first-order valence-electron chi connectivity index (χ1n) is 7.49. The number of rotatable bonds is 3. The van der Waals surface area contributed by atoms with Crippen molar-refractivity contribution in [3.8, 4) is 0 Å². The van der Waals surface area contributed by atoms with Crippen molar-refractivity contribution in [1.29, 1.82) is 0 Å². The van der Waals surface area contributed by atoms with Crippen LogP contribution in [0.5, 0.6) is 0 Å². The number of Topliss-reactive ketones (excluding diaryl/α,β-unsaturated/α-hetero) is 1. The maximum Gasteiger partial charge on any atom is 0.151 e. The van der Waals surface area contributed by atoms with E-state index in [1.165, 1.54) is 30.0 Å². The van der Waals surface area contributed by atoms with Crippen LogP contribution >= 0.6 is 0 Å². The Kier molecular flexibility index (Phi) is 3.83. The quantitative estimate of drug-likeness (QED) is 0.839. The van der Waals surface area contributed by atoms with Gasteiger partial charge in [-0.05, 0) is 49.2 Å². The number of carbonyl (C=O) groups excluding carboxylic acids is 1. The van der Waals surface area contributed by atoms with Gasteiger partial charge in [0.25, 0.3) is 0 Å². The highest BCUT2D eigenvalue weighted by atomic mass is 16.1. The van der Waals surface area contributed by atoms with E-state index in [1.807, 2.05) is 0 Å². The highest BCUT2D eigenvalue weighted by Gasteiger charge is 2.27. The number of piperidine rings is 1.